The summed E-state index contributed by atoms with van der Waals surface area (Å²) in [6.07, 6.45) is 4.71. The van der Waals surface area contributed by atoms with Gasteiger partial charge in [0.05, 0.1) is 6.26 Å². The van der Waals surface area contributed by atoms with Crippen molar-refractivity contribution in [2.75, 3.05) is 44.7 Å². The van der Waals surface area contributed by atoms with Gasteiger partial charge in [0.25, 0.3) is 5.91 Å². The minimum absolute atomic E-state index is 0. The number of hydrogen-bond donors (Lipinski definition) is 1. The third-order valence-electron chi connectivity index (χ3n) is 4.96. The number of hydrogen-bond acceptors (Lipinski definition) is 6. The van der Waals surface area contributed by atoms with E-state index in [-0.39, 0.29) is 29.9 Å². The summed E-state index contributed by atoms with van der Waals surface area (Å²) in [5.74, 6) is 3.99. The molecule has 0 saturated carbocycles. The van der Waals surface area contributed by atoms with Crippen molar-refractivity contribution in [2.24, 2.45) is 12.0 Å². The molecule has 2 aromatic rings. The number of aryl methyl sites for hydroxylation is 1. The summed E-state index contributed by atoms with van der Waals surface area (Å²) in [4.78, 5) is 21.3. The predicted molar refractivity (Wildman–Crippen MR) is 129 cm³/mol. The molecular weight excluding hydrogens is 517 g/mol. The normalized spacial score (nSPS) is 14.6. The highest BCUT2D eigenvalue weighted by Crippen LogP contribution is 2.10. The van der Waals surface area contributed by atoms with Crippen LogP contribution in [0.1, 0.15) is 28.6 Å². The Morgan fingerprint density at radius 3 is 2.60 bits per heavy atom. The molecule has 1 amide bonds. The van der Waals surface area contributed by atoms with Gasteiger partial charge in [-0.1, -0.05) is 0 Å². The second kappa shape index (κ2) is 12.2. The highest BCUT2D eigenvalue weighted by atomic mass is 127. The van der Waals surface area contributed by atoms with Crippen LogP contribution in [0.3, 0.4) is 0 Å². The van der Waals surface area contributed by atoms with Crippen molar-refractivity contribution in [2.45, 2.75) is 19.9 Å². The Kier molecular flexibility index (Phi) is 9.95. The molecule has 1 saturated heterocycles. The van der Waals surface area contributed by atoms with E-state index in [9.17, 15) is 4.79 Å². The Labute approximate surface area is 198 Å². The summed E-state index contributed by atoms with van der Waals surface area (Å²) in [6, 6.07) is 3.44. The predicted octanol–water partition coefficient (Wildman–Crippen LogP) is 1.99. The number of furan rings is 1. The van der Waals surface area contributed by atoms with Crippen LogP contribution in [-0.4, -0.2) is 81.2 Å². The van der Waals surface area contributed by atoms with E-state index >= 15 is 0 Å². The fourth-order valence-corrected chi connectivity index (χ4v) is 3.53. The lowest BCUT2D eigenvalue weighted by molar-refractivity contribution is 0.0657. The highest BCUT2D eigenvalue weighted by molar-refractivity contribution is 14.0. The van der Waals surface area contributed by atoms with E-state index in [0.717, 1.165) is 49.4 Å². The largest absolute Gasteiger partial charge is 0.459 e. The zero-order valence-electron chi connectivity index (χ0n) is 17.7. The van der Waals surface area contributed by atoms with Crippen molar-refractivity contribution in [3.05, 3.63) is 35.8 Å². The average Bonchev–Trinajstić information content (AvgIpc) is 3.39. The van der Waals surface area contributed by atoms with Crippen LogP contribution < -0.4 is 5.32 Å². The van der Waals surface area contributed by atoms with Crippen LogP contribution in [0.5, 0.6) is 0 Å². The lowest BCUT2D eigenvalue weighted by atomic mass is 10.3. The van der Waals surface area contributed by atoms with Gasteiger partial charge >= 0.3 is 0 Å². The van der Waals surface area contributed by atoms with E-state index in [1.807, 2.05) is 35.2 Å². The first kappa shape index (κ1) is 24.5. The zero-order chi connectivity index (χ0) is 20.6. The number of aromatic nitrogens is 3. The monoisotopic (exact) mass is 547 g/mol. The number of rotatable bonds is 7. The molecule has 166 valence electrons. The van der Waals surface area contributed by atoms with E-state index in [2.05, 4.69) is 26.7 Å². The fraction of sp³-hybridized carbons (Fsp3) is 0.579. The topological polar surface area (TPSA) is 91.8 Å². The smallest absolute Gasteiger partial charge is 0.289 e. The number of carbonyl (C=O) groups excluding carboxylic acids is 1. The lowest BCUT2D eigenvalue weighted by Gasteiger charge is -2.36. The van der Waals surface area contributed by atoms with Crippen LogP contribution in [0.4, 0.5) is 0 Å². The van der Waals surface area contributed by atoms with Crippen LogP contribution in [0.15, 0.2) is 27.8 Å². The van der Waals surface area contributed by atoms with Crippen LogP contribution in [0.2, 0.25) is 0 Å². The molecule has 0 aromatic carbocycles. The first-order chi connectivity index (χ1) is 14.1. The SMILES string of the molecule is CSCCCNC(=NCc1nnc(C)n1C)N1CCN(C(=O)c2ccco2)CC1.I. The number of guanidine groups is 1. The third kappa shape index (κ3) is 6.37. The molecule has 9 nitrogen and oxygen atoms in total. The molecule has 1 N–H and O–H groups in total. The summed E-state index contributed by atoms with van der Waals surface area (Å²) in [7, 11) is 1.95. The Morgan fingerprint density at radius 1 is 1.27 bits per heavy atom. The molecule has 2 aromatic heterocycles. The van der Waals surface area contributed by atoms with E-state index in [0.29, 0.717) is 25.4 Å². The second-order valence-electron chi connectivity index (χ2n) is 6.89. The number of carbonyl (C=O) groups is 1. The molecule has 11 heteroatoms. The molecule has 3 rings (SSSR count). The average molecular weight is 547 g/mol. The molecule has 3 heterocycles. The highest BCUT2D eigenvalue weighted by Gasteiger charge is 2.25. The molecule has 0 atom stereocenters. The Bertz CT molecular complexity index is 817. The molecule has 0 spiro atoms. The first-order valence-electron chi connectivity index (χ1n) is 9.80. The van der Waals surface area contributed by atoms with Crippen molar-refractivity contribution in [3.63, 3.8) is 0 Å². The van der Waals surface area contributed by atoms with Gasteiger partial charge in [-0.15, -0.1) is 34.2 Å². The molecule has 0 radical (unpaired) electrons. The molecule has 0 bridgehead atoms. The number of nitrogens with one attached hydrogen (secondary N) is 1. The number of thioether (sulfide) groups is 1. The molecule has 0 aliphatic carbocycles. The van der Waals surface area contributed by atoms with Crippen molar-refractivity contribution in [3.8, 4) is 0 Å². The second-order valence-corrected chi connectivity index (χ2v) is 7.88. The number of nitrogens with zero attached hydrogens (tertiary/aromatic N) is 6. The Morgan fingerprint density at radius 2 is 2.00 bits per heavy atom. The summed E-state index contributed by atoms with van der Waals surface area (Å²) in [6.45, 7) is 5.97. The van der Waals surface area contributed by atoms with Gasteiger partial charge in [-0.3, -0.25) is 4.79 Å². The van der Waals surface area contributed by atoms with E-state index < -0.39 is 0 Å². The van der Waals surface area contributed by atoms with Gasteiger partial charge < -0.3 is 24.1 Å². The number of aliphatic imine (C=N–C) groups is 1. The van der Waals surface area contributed by atoms with Gasteiger partial charge in [0, 0.05) is 39.8 Å². The molecule has 1 aliphatic heterocycles. The maximum absolute atomic E-state index is 12.5. The maximum atomic E-state index is 12.5. The molecular formula is C19H30IN7O2S. The van der Waals surface area contributed by atoms with Crippen LogP contribution in [0, 0.1) is 6.92 Å². The quantitative estimate of drug-likeness (QED) is 0.246. The molecule has 30 heavy (non-hydrogen) atoms. The first-order valence-corrected chi connectivity index (χ1v) is 11.2. The van der Waals surface area contributed by atoms with Gasteiger partial charge in [-0.05, 0) is 37.5 Å². The van der Waals surface area contributed by atoms with Crippen LogP contribution in [0.25, 0.3) is 0 Å². The maximum Gasteiger partial charge on any atom is 0.289 e. The van der Waals surface area contributed by atoms with Crippen LogP contribution in [-0.2, 0) is 13.6 Å². The van der Waals surface area contributed by atoms with E-state index in [4.69, 9.17) is 9.41 Å². The molecule has 1 aliphatic rings. The van der Waals surface area contributed by atoms with E-state index in [1.165, 1.54) is 6.26 Å². The van der Waals surface area contributed by atoms with Crippen molar-refractivity contribution in [1.29, 1.82) is 0 Å². The number of piperazine rings is 1. The molecule has 0 unspecified atom stereocenters. The number of halogens is 1. The van der Waals surface area contributed by atoms with Crippen molar-refractivity contribution >= 4 is 47.6 Å². The fourth-order valence-electron chi connectivity index (χ4n) is 3.10. The van der Waals surface area contributed by atoms with Gasteiger partial charge in [0.1, 0.15) is 12.4 Å². The van der Waals surface area contributed by atoms with E-state index in [1.54, 1.807) is 12.1 Å². The number of amides is 1. The summed E-state index contributed by atoms with van der Waals surface area (Å²) in [5, 5.41) is 11.8. The minimum Gasteiger partial charge on any atom is -0.459 e. The van der Waals surface area contributed by atoms with Gasteiger partial charge in [-0.25, -0.2) is 4.99 Å². The summed E-state index contributed by atoms with van der Waals surface area (Å²) < 4.78 is 7.19. The summed E-state index contributed by atoms with van der Waals surface area (Å²) >= 11 is 1.84. The third-order valence-corrected chi connectivity index (χ3v) is 5.66. The van der Waals surface area contributed by atoms with Gasteiger partial charge in [0.15, 0.2) is 17.5 Å². The minimum atomic E-state index is -0.0596. The summed E-state index contributed by atoms with van der Waals surface area (Å²) in [5.41, 5.74) is 0. The van der Waals surface area contributed by atoms with Crippen molar-refractivity contribution < 1.29 is 9.21 Å². The zero-order valence-corrected chi connectivity index (χ0v) is 20.9. The Balaban J connectivity index is 0.00000320. The van der Waals surface area contributed by atoms with Gasteiger partial charge in [-0.2, -0.15) is 11.8 Å². The molecule has 1 fully saturated rings. The standard InChI is InChI=1S/C19H29N7O2S.HI/c1-15-22-23-17(24(15)2)14-21-19(20-7-5-13-29-3)26-10-8-25(9-11-26)18(27)16-6-4-12-28-16;/h4,6,12H,5,7-11,13-14H2,1-3H3,(H,20,21);1H. The van der Waals surface area contributed by atoms with Gasteiger partial charge in [0.2, 0.25) is 0 Å². The van der Waals surface area contributed by atoms with Crippen LogP contribution >= 0.6 is 35.7 Å². The van der Waals surface area contributed by atoms with Crippen molar-refractivity contribution in [1.82, 2.24) is 29.9 Å². The Hall–Kier alpha value is -1.76. The lowest BCUT2D eigenvalue weighted by Crippen LogP contribution is -2.54.